The summed E-state index contributed by atoms with van der Waals surface area (Å²) in [6.07, 6.45) is 2.72. The molecule has 1 aliphatic heterocycles. The van der Waals surface area contributed by atoms with E-state index in [0.717, 1.165) is 16.9 Å². The Morgan fingerprint density at radius 1 is 0.844 bits per heavy atom. The van der Waals surface area contributed by atoms with E-state index in [1.807, 2.05) is 30.3 Å². The minimum Gasteiger partial charge on any atom is -0.329 e. The van der Waals surface area contributed by atoms with Crippen molar-refractivity contribution in [1.29, 1.82) is 0 Å². The van der Waals surface area contributed by atoms with E-state index in [1.54, 1.807) is 0 Å². The molecule has 1 aliphatic carbocycles. The largest absolute Gasteiger partial charge is 0.329 e. The van der Waals surface area contributed by atoms with Gasteiger partial charge in [0.05, 0.1) is 12.0 Å². The van der Waals surface area contributed by atoms with Gasteiger partial charge in [-0.05, 0) is 37.1 Å². The number of benzene rings is 3. The lowest BCUT2D eigenvalue weighted by molar-refractivity contribution is -0.123. The number of carbonyl (C=O) groups is 1. The Hall–Kier alpha value is -3.66. The Morgan fingerprint density at radius 3 is 2.19 bits per heavy atom. The summed E-state index contributed by atoms with van der Waals surface area (Å²) in [5, 5.41) is 6.84. The summed E-state index contributed by atoms with van der Waals surface area (Å²) >= 11 is 0. The number of hydrogen-bond donors (Lipinski definition) is 2. The van der Waals surface area contributed by atoms with Gasteiger partial charge in [-0.3, -0.25) is 4.79 Å². The first kappa shape index (κ1) is 20.3. The molecule has 2 aliphatic rings. The van der Waals surface area contributed by atoms with Crippen molar-refractivity contribution in [3.05, 3.63) is 113 Å². The van der Waals surface area contributed by atoms with Crippen LogP contribution in [0.3, 0.4) is 0 Å². The first-order valence-corrected chi connectivity index (χ1v) is 11.1. The van der Waals surface area contributed by atoms with Crippen molar-refractivity contribution >= 4 is 17.4 Å². The standard InChI is InChI=1S/C28H27N3O/c1-18-8-12-20(13-9-18)22-16-24-26(25(32)17-22)27(21-6-4-3-5-7-21)31-28(30-24)29-23-14-10-19(2)11-15-23/h3-16,22,26-27H,17H2,1-2H3,(H2,29,30,31)/t22-,26-,27-/m0/s1. The van der Waals surface area contributed by atoms with E-state index in [0.29, 0.717) is 12.4 Å². The van der Waals surface area contributed by atoms with Crippen molar-refractivity contribution in [3.8, 4) is 0 Å². The van der Waals surface area contributed by atoms with Crippen LogP contribution in [0, 0.1) is 19.8 Å². The number of nitrogens with zero attached hydrogens (tertiary/aromatic N) is 1. The van der Waals surface area contributed by atoms with Gasteiger partial charge in [0.25, 0.3) is 0 Å². The lowest BCUT2D eigenvalue weighted by Gasteiger charge is -2.36. The summed E-state index contributed by atoms with van der Waals surface area (Å²) in [5.74, 6) is 0.676. The highest BCUT2D eigenvalue weighted by molar-refractivity contribution is 5.98. The molecule has 0 radical (unpaired) electrons. The van der Waals surface area contributed by atoms with Gasteiger partial charge in [0, 0.05) is 23.7 Å². The second kappa shape index (κ2) is 8.46. The third kappa shape index (κ3) is 4.09. The zero-order chi connectivity index (χ0) is 22.1. The molecule has 1 heterocycles. The molecular weight excluding hydrogens is 394 g/mol. The van der Waals surface area contributed by atoms with Crippen molar-refractivity contribution in [1.82, 2.24) is 5.32 Å². The maximum atomic E-state index is 13.4. The first-order chi connectivity index (χ1) is 15.6. The van der Waals surface area contributed by atoms with Crippen LogP contribution in [0.4, 0.5) is 5.69 Å². The third-order valence-electron chi connectivity index (χ3n) is 6.29. The van der Waals surface area contributed by atoms with Gasteiger partial charge in [-0.25, -0.2) is 4.99 Å². The summed E-state index contributed by atoms with van der Waals surface area (Å²) in [5.41, 5.74) is 6.55. The molecule has 4 heteroatoms. The van der Waals surface area contributed by atoms with Crippen LogP contribution in [-0.2, 0) is 4.79 Å². The van der Waals surface area contributed by atoms with Crippen LogP contribution in [0.1, 0.15) is 40.6 Å². The molecule has 0 spiro atoms. The van der Waals surface area contributed by atoms with E-state index >= 15 is 0 Å². The highest BCUT2D eigenvalue weighted by atomic mass is 16.1. The van der Waals surface area contributed by atoms with Crippen LogP contribution < -0.4 is 10.6 Å². The number of guanidine groups is 1. The molecule has 160 valence electrons. The Morgan fingerprint density at radius 2 is 1.50 bits per heavy atom. The summed E-state index contributed by atoms with van der Waals surface area (Å²) in [6, 6.07) is 26.6. The molecule has 2 N–H and O–H groups in total. The molecule has 0 fully saturated rings. The molecule has 4 nitrogen and oxygen atoms in total. The van der Waals surface area contributed by atoms with E-state index in [9.17, 15) is 4.79 Å². The van der Waals surface area contributed by atoms with Crippen molar-refractivity contribution in [2.24, 2.45) is 10.9 Å². The average Bonchev–Trinajstić information content (AvgIpc) is 2.81. The molecule has 0 saturated carbocycles. The maximum absolute atomic E-state index is 13.4. The molecule has 0 aromatic heterocycles. The number of nitrogens with one attached hydrogen (secondary N) is 2. The highest BCUT2D eigenvalue weighted by Gasteiger charge is 2.40. The Labute approximate surface area is 189 Å². The number of anilines is 1. The number of carbonyl (C=O) groups excluding carboxylic acids is 1. The quantitative estimate of drug-likeness (QED) is 0.573. The number of fused-ring (bicyclic) bond motifs is 1. The first-order valence-electron chi connectivity index (χ1n) is 11.1. The predicted octanol–water partition coefficient (Wildman–Crippen LogP) is 5.67. The van der Waals surface area contributed by atoms with Gasteiger partial charge >= 0.3 is 0 Å². The van der Waals surface area contributed by atoms with Crippen LogP contribution in [0.5, 0.6) is 0 Å². The van der Waals surface area contributed by atoms with Gasteiger partial charge in [-0.2, -0.15) is 0 Å². The number of allylic oxidation sites excluding steroid dienone is 1. The van der Waals surface area contributed by atoms with Gasteiger partial charge in [0.15, 0.2) is 0 Å². The number of Topliss-reactive ketones (excluding diaryl/α,β-unsaturated/α-hetero) is 1. The van der Waals surface area contributed by atoms with Crippen LogP contribution in [0.2, 0.25) is 0 Å². The fraction of sp³-hybridized carbons (Fsp3) is 0.214. The highest BCUT2D eigenvalue weighted by Crippen LogP contribution is 2.41. The molecule has 3 aromatic rings. The second-order valence-corrected chi connectivity index (χ2v) is 8.74. The molecular formula is C28H27N3O. The zero-order valence-electron chi connectivity index (χ0n) is 18.4. The average molecular weight is 422 g/mol. The molecule has 0 unspecified atom stereocenters. The van der Waals surface area contributed by atoms with Crippen molar-refractivity contribution in [2.45, 2.75) is 32.2 Å². The summed E-state index contributed by atoms with van der Waals surface area (Å²) in [6.45, 7) is 4.15. The van der Waals surface area contributed by atoms with E-state index in [-0.39, 0.29) is 23.7 Å². The summed E-state index contributed by atoms with van der Waals surface area (Å²) in [4.78, 5) is 18.3. The van der Waals surface area contributed by atoms with Crippen molar-refractivity contribution in [3.63, 3.8) is 0 Å². The van der Waals surface area contributed by atoms with Gasteiger partial charge < -0.3 is 10.6 Å². The van der Waals surface area contributed by atoms with E-state index in [2.05, 4.69) is 79.1 Å². The lowest BCUT2D eigenvalue weighted by Crippen LogP contribution is -2.44. The fourth-order valence-corrected chi connectivity index (χ4v) is 4.53. The second-order valence-electron chi connectivity index (χ2n) is 8.74. The molecule has 0 bridgehead atoms. The molecule has 5 rings (SSSR count). The molecule has 3 atom stereocenters. The maximum Gasteiger partial charge on any atom is 0.200 e. The fourth-order valence-electron chi connectivity index (χ4n) is 4.53. The summed E-state index contributed by atoms with van der Waals surface area (Å²) < 4.78 is 0. The number of aliphatic imine (C=N–C) groups is 1. The smallest absolute Gasteiger partial charge is 0.200 e. The topological polar surface area (TPSA) is 53.5 Å². The molecule has 3 aromatic carbocycles. The Kier molecular flexibility index (Phi) is 5.36. The molecule has 0 saturated heterocycles. The van der Waals surface area contributed by atoms with Gasteiger partial charge in [-0.15, -0.1) is 0 Å². The molecule has 32 heavy (non-hydrogen) atoms. The number of hydrogen-bond acceptors (Lipinski definition) is 4. The van der Waals surface area contributed by atoms with Gasteiger partial charge in [0.2, 0.25) is 5.96 Å². The van der Waals surface area contributed by atoms with Crippen LogP contribution in [-0.4, -0.2) is 11.7 Å². The minimum atomic E-state index is -0.289. The number of ketones is 1. The number of aryl methyl sites for hydroxylation is 2. The van der Waals surface area contributed by atoms with E-state index in [4.69, 9.17) is 4.99 Å². The Bertz CT molecular complexity index is 1180. The third-order valence-corrected chi connectivity index (χ3v) is 6.29. The van der Waals surface area contributed by atoms with E-state index < -0.39 is 0 Å². The summed E-state index contributed by atoms with van der Waals surface area (Å²) in [7, 11) is 0. The van der Waals surface area contributed by atoms with Crippen LogP contribution in [0.25, 0.3) is 0 Å². The SMILES string of the molecule is Cc1ccc(NC2=N[C@@H](c3ccccc3)[C@@H]3C(=O)C[C@@H](c4ccc(C)cc4)C=C3N2)cc1. The van der Waals surface area contributed by atoms with Gasteiger partial charge in [0.1, 0.15) is 5.78 Å². The normalized spacial score (nSPS) is 22.3. The monoisotopic (exact) mass is 421 g/mol. The minimum absolute atomic E-state index is 0.0667. The molecule has 0 amide bonds. The Balaban J connectivity index is 1.53. The van der Waals surface area contributed by atoms with Crippen molar-refractivity contribution in [2.75, 3.05) is 5.32 Å². The zero-order valence-corrected chi connectivity index (χ0v) is 18.4. The lowest BCUT2D eigenvalue weighted by atomic mass is 9.76. The van der Waals surface area contributed by atoms with Crippen molar-refractivity contribution < 1.29 is 4.79 Å². The number of rotatable bonds is 3. The van der Waals surface area contributed by atoms with Gasteiger partial charge in [-0.1, -0.05) is 83.9 Å². The van der Waals surface area contributed by atoms with Crippen LogP contribution in [0.15, 0.2) is 95.6 Å². The van der Waals surface area contributed by atoms with Crippen LogP contribution >= 0.6 is 0 Å². The van der Waals surface area contributed by atoms with E-state index in [1.165, 1.54) is 16.7 Å². The predicted molar refractivity (Wildman–Crippen MR) is 130 cm³/mol.